The summed E-state index contributed by atoms with van der Waals surface area (Å²) >= 11 is 0. The molecule has 2 rings (SSSR count). The Morgan fingerprint density at radius 3 is 2.25 bits per heavy atom. The van der Waals surface area contributed by atoms with Gasteiger partial charge < -0.3 is 11.2 Å². The first kappa shape index (κ1) is 11.3. The predicted molar refractivity (Wildman–Crippen MR) is 69.1 cm³/mol. The lowest BCUT2D eigenvalue weighted by Gasteiger charge is -2.39. The largest absolute Gasteiger partial charge is 0.399 e. The van der Waals surface area contributed by atoms with Gasteiger partial charge in [0, 0.05) is 23.5 Å². The van der Waals surface area contributed by atoms with Crippen molar-refractivity contribution in [2.45, 2.75) is 45.2 Å². The fourth-order valence-corrected chi connectivity index (χ4v) is 2.35. The van der Waals surface area contributed by atoms with Crippen LogP contribution in [0, 0.1) is 0 Å². The highest BCUT2D eigenvalue weighted by atomic mass is 15.5. The topological polar surface area (TPSA) is 41.3 Å². The molecule has 0 saturated carbocycles. The molecule has 2 atom stereocenters. The van der Waals surface area contributed by atoms with Crippen molar-refractivity contribution in [3.63, 3.8) is 0 Å². The number of hydrazine groups is 1. The molecule has 0 amide bonds. The Labute approximate surface area is 97.6 Å². The number of nitrogens with two attached hydrogens (primary N) is 1. The van der Waals surface area contributed by atoms with Crippen molar-refractivity contribution < 1.29 is 0 Å². The number of hydrogen-bond acceptors (Lipinski definition) is 3. The molecule has 16 heavy (non-hydrogen) atoms. The van der Waals surface area contributed by atoms with E-state index in [0.29, 0.717) is 12.1 Å². The minimum absolute atomic E-state index is 0.598. The van der Waals surface area contributed by atoms with Crippen LogP contribution in [0.5, 0.6) is 0 Å². The van der Waals surface area contributed by atoms with Gasteiger partial charge in [0.05, 0.1) is 0 Å². The average Bonchev–Trinajstić information content (AvgIpc) is 2.26. The number of nitrogen functional groups attached to an aromatic ring is 1. The maximum absolute atomic E-state index is 5.67. The molecule has 0 bridgehead atoms. The van der Waals surface area contributed by atoms with Gasteiger partial charge in [0.1, 0.15) is 0 Å². The molecule has 3 N–H and O–H groups in total. The van der Waals surface area contributed by atoms with Crippen LogP contribution >= 0.6 is 0 Å². The molecule has 1 aliphatic rings. The van der Waals surface area contributed by atoms with Crippen molar-refractivity contribution in [3.8, 4) is 0 Å². The van der Waals surface area contributed by atoms with E-state index in [9.17, 15) is 0 Å². The maximum Gasteiger partial charge on any atom is 0.0491 e. The SMILES string of the molecule is CC1CCCC(C)N1Nc1ccc(N)cc1. The van der Waals surface area contributed by atoms with Crippen molar-refractivity contribution in [3.05, 3.63) is 24.3 Å². The van der Waals surface area contributed by atoms with Crippen LogP contribution in [-0.4, -0.2) is 17.1 Å². The summed E-state index contributed by atoms with van der Waals surface area (Å²) in [4.78, 5) is 0. The molecule has 0 aromatic heterocycles. The minimum Gasteiger partial charge on any atom is -0.399 e. The van der Waals surface area contributed by atoms with Crippen molar-refractivity contribution >= 4 is 11.4 Å². The second kappa shape index (κ2) is 4.74. The van der Waals surface area contributed by atoms with Crippen LogP contribution in [0.4, 0.5) is 11.4 Å². The van der Waals surface area contributed by atoms with Crippen LogP contribution in [0.15, 0.2) is 24.3 Å². The molecule has 1 heterocycles. The molecule has 3 nitrogen and oxygen atoms in total. The number of nitrogens with one attached hydrogen (secondary N) is 1. The quantitative estimate of drug-likeness (QED) is 0.751. The van der Waals surface area contributed by atoms with E-state index in [1.54, 1.807) is 0 Å². The first-order valence-electron chi connectivity index (χ1n) is 6.07. The fourth-order valence-electron chi connectivity index (χ4n) is 2.35. The second-order valence-corrected chi connectivity index (χ2v) is 4.77. The zero-order chi connectivity index (χ0) is 11.5. The molecular formula is C13H21N3. The Balaban J connectivity index is 2.04. The zero-order valence-corrected chi connectivity index (χ0v) is 10.1. The number of anilines is 2. The summed E-state index contributed by atoms with van der Waals surface area (Å²) in [5, 5.41) is 2.36. The third-order valence-electron chi connectivity index (χ3n) is 3.36. The molecule has 3 heteroatoms. The lowest BCUT2D eigenvalue weighted by molar-refractivity contribution is 0.136. The van der Waals surface area contributed by atoms with Gasteiger partial charge in [-0.1, -0.05) is 6.42 Å². The highest BCUT2D eigenvalue weighted by Crippen LogP contribution is 2.23. The Kier molecular flexibility index (Phi) is 3.34. The van der Waals surface area contributed by atoms with Crippen molar-refractivity contribution in [2.75, 3.05) is 11.2 Å². The van der Waals surface area contributed by atoms with Crippen LogP contribution in [0.1, 0.15) is 33.1 Å². The van der Waals surface area contributed by atoms with Gasteiger partial charge in [-0.15, -0.1) is 0 Å². The summed E-state index contributed by atoms with van der Waals surface area (Å²) in [6.45, 7) is 4.56. The van der Waals surface area contributed by atoms with Gasteiger partial charge in [-0.25, -0.2) is 5.01 Å². The summed E-state index contributed by atoms with van der Waals surface area (Å²) in [6.07, 6.45) is 3.88. The van der Waals surface area contributed by atoms with Crippen LogP contribution in [0.2, 0.25) is 0 Å². The van der Waals surface area contributed by atoms with E-state index < -0.39 is 0 Å². The molecule has 1 aliphatic heterocycles. The van der Waals surface area contributed by atoms with Gasteiger partial charge in [0.25, 0.3) is 0 Å². The number of hydrogen-bond donors (Lipinski definition) is 2. The van der Waals surface area contributed by atoms with Gasteiger partial charge >= 0.3 is 0 Å². The van der Waals surface area contributed by atoms with Gasteiger partial charge in [-0.2, -0.15) is 0 Å². The summed E-state index contributed by atoms with van der Waals surface area (Å²) in [7, 11) is 0. The lowest BCUT2D eigenvalue weighted by atomic mass is 10.00. The zero-order valence-electron chi connectivity index (χ0n) is 10.1. The molecule has 1 fully saturated rings. The molecule has 88 valence electrons. The Morgan fingerprint density at radius 2 is 1.69 bits per heavy atom. The van der Waals surface area contributed by atoms with E-state index in [1.165, 1.54) is 19.3 Å². The molecular weight excluding hydrogens is 198 g/mol. The lowest BCUT2D eigenvalue weighted by Crippen LogP contribution is -2.47. The maximum atomic E-state index is 5.67. The number of rotatable bonds is 2. The smallest absolute Gasteiger partial charge is 0.0491 e. The Hall–Kier alpha value is -1.22. The third kappa shape index (κ3) is 2.47. The van der Waals surface area contributed by atoms with Crippen LogP contribution < -0.4 is 11.2 Å². The average molecular weight is 219 g/mol. The summed E-state index contributed by atoms with van der Waals surface area (Å²) in [5.74, 6) is 0. The summed E-state index contributed by atoms with van der Waals surface area (Å²) in [5.41, 5.74) is 11.1. The molecule has 1 saturated heterocycles. The second-order valence-electron chi connectivity index (χ2n) is 4.77. The van der Waals surface area contributed by atoms with Crippen LogP contribution in [-0.2, 0) is 0 Å². The number of benzene rings is 1. The number of piperidine rings is 1. The van der Waals surface area contributed by atoms with Gasteiger partial charge in [0.15, 0.2) is 0 Å². The Morgan fingerprint density at radius 1 is 1.12 bits per heavy atom. The molecule has 0 aliphatic carbocycles. The first-order valence-corrected chi connectivity index (χ1v) is 6.07. The monoisotopic (exact) mass is 219 g/mol. The van der Waals surface area contributed by atoms with Crippen molar-refractivity contribution in [1.82, 2.24) is 5.01 Å². The fraction of sp³-hybridized carbons (Fsp3) is 0.538. The van der Waals surface area contributed by atoms with Crippen molar-refractivity contribution in [2.24, 2.45) is 0 Å². The van der Waals surface area contributed by atoms with E-state index >= 15 is 0 Å². The minimum atomic E-state index is 0.598. The molecule has 0 radical (unpaired) electrons. The Bertz CT molecular complexity index is 324. The van der Waals surface area contributed by atoms with Crippen LogP contribution in [0.3, 0.4) is 0 Å². The van der Waals surface area contributed by atoms with E-state index in [-0.39, 0.29) is 0 Å². The molecule has 1 aromatic rings. The molecule has 0 spiro atoms. The first-order chi connectivity index (χ1) is 7.66. The standard InChI is InChI=1S/C13H21N3/c1-10-4-3-5-11(2)16(10)15-13-8-6-12(14)7-9-13/h6-11,15H,3-5,14H2,1-2H3. The molecule has 2 unspecified atom stereocenters. The third-order valence-corrected chi connectivity index (χ3v) is 3.36. The van der Waals surface area contributed by atoms with Crippen molar-refractivity contribution in [1.29, 1.82) is 0 Å². The van der Waals surface area contributed by atoms with E-state index in [4.69, 9.17) is 5.73 Å². The normalized spacial score (nSPS) is 26.6. The summed E-state index contributed by atoms with van der Waals surface area (Å²) in [6, 6.07) is 9.12. The van der Waals surface area contributed by atoms with Gasteiger partial charge in [0.2, 0.25) is 0 Å². The van der Waals surface area contributed by atoms with Gasteiger partial charge in [-0.3, -0.25) is 0 Å². The van der Waals surface area contributed by atoms with E-state index in [2.05, 4.69) is 24.3 Å². The van der Waals surface area contributed by atoms with Gasteiger partial charge in [-0.05, 0) is 51.0 Å². The highest BCUT2D eigenvalue weighted by molar-refractivity contribution is 5.50. The van der Waals surface area contributed by atoms with Crippen LogP contribution in [0.25, 0.3) is 0 Å². The number of nitrogens with zero attached hydrogens (tertiary/aromatic N) is 1. The van der Waals surface area contributed by atoms with E-state index in [1.807, 2.05) is 24.3 Å². The predicted octanol–water partition coefficient (Wildman–Crippen LogP) is 2.86. The highest BCUT2D eigenvalue weighted by Gasteiger charge is 2.24. The summed E-state index contributed by atoms with van der Waals surface area (Å²) < 4.78 is 0. The molecule has 1 aromatic carbocycles. The van der Waals surface area contributed by atoms with E-state index in [0.717, 1.165) is 11.4 Å².